The zero-order valence-corrected chi connectivity index (χ0v) is 17.9. The molecule has 3 amide bonds. The molecule has 0 aliphatic heterocycles. The number of furan rings is 1. The second-order valence-electron chi connectivity index (χ2n) is 7.23. The number of hydrogen-bond acceptors (Lipinski definition) is 5. The van der Waals surface area contributed by atoms with Crippen LogP contribution in [0.4, 0.5) is 5.69 Å². The molecule has 0 saturated heterocycles. The van der Waals surface area contributed by atoms with E-state index < -0.39 is 0 Å². The summed E-state index contributed by atoms with van der Waals surface area (Å²) in [6.07, 6.45) is 1.42. The maximum Gasteiger partial charge on any atom is 0.287 e. The number of carbonyl (C=O) groups excluding carboxylic acids is 3. The number of amides is 3. The molecule has 1 heterocycles. The van der Waals surface area contributed by atoms with Crippen LogP contribution >= 0.6 is 0 Å². The molecule has 8 heteroatoms. The lowest BCUT2D eigenvalue weighted by atomic mass is 10.1. The van der Waals surface area contributed by atoms with Gasteiger partial charge in [-0.15, -0.1) is 0 Å². The molecule has 2 aromatic carbocycles. The number of anilines is 1. The molecule has 3 N–H and O–H groups in total. The lowest BCUT2D eigenvalue weighted by Crippen LogP contribution is -2.34. The lowest BCUT2D eigenvalue weighted by molar-refractivity contribution is -0.118. The van der Waals surface area contributed by atoms with Gasteiger partial charge in [-0.25, -0.2) is 0 Å². The molecule has 0 radical (unpaired) electrons. The first-order valence-corrected chi connectivity index (χ1v) is 10.1. The predicted octanol–water partition coefficient (Wildman–Crippen LogP) is 3.07. The quantitative estimate of drug-likeness (QED) is 0.448. The summed E-state index contributed by atoms with van der Waals surface area (Å²) in [4.78, 5) is 36.1. The number of aryl methyl sites for hydroxylation is 2. The van der Waals surface area contributed by atoms with Gasteiger partial charge in [-0.3, -0.25) is 14.4 Å². The number of hydrogen-bond donors (Lipinski definition) is 3. The zero-order chi connectivity index (χ0) is 22.9. The number of rotatable bonds is 9. The van der Waals surface area contributed by atoms with E-state index >= 15 is 0 Å². The highest BCUT2D eigenvalue weighted by molar-refractivity contribution is 5.96. The highest BCUT2D eigenvalue weighted by Crippen LogP contribution is 2.16. The molecule has 0 bridgehead atoms. The van der Waals surface area contributed by atoms with E-state index in [2.05, 4.69) is 16.0 Å². The summed E-state index contributed by atoms with van der Waals surface area (Å²) in [5.41, 5.74) is 3.12. The van der Waals surface area contributed by atoms with Gasteiger partial charge in [-0.1, -0.05) is 6.07 Å². The molecule has 0 unspecified atom stereocenters. The minimum Gasteiger partial charge on any atom is -0.484 e. The molecule has 8 nitrogen and oxygen atoms in total. The van der Waals surface area contributed by atoms with E-state index in [0.29, 0.717) is 17.0 Å². The highest BCUT2D eigenvalue weighted by Gasteiger charge is 2.09. The van der Waals surface area contributed by atoms with Gasteiger partial charge >= 0.3 is 0 Å². The number of carbonyl (C=O) groups is 3. The number of ether oxygens (including phenoxy) is 1. The topological polar surface area (TPSA) is 110 Å². The minimum absolute atomic E-state index is 0.116. The Morgan fingerprint density at radius 1 is 0.875 bits per heavy atom. The molecule has 0 spiro atoms. The maximum atomic E-state index is 12.2. The molecule has 3 rings (SSSR count). The molecule has 0 fully saturated rings. The Morgan fingerprint density at radius 2 is 1.53 bits per heavy atom. The van der Waals surface area contributed by atoms with Crippen LogP contribution in [0.2, 0.25) is 0 Å². The normalized spacial score (nSPS) is 10.3. The smallest absolute Gasteiger partial charge is 0.287 e. The van der Waals surface area contributed by atoms with Crippen LogP contribution in [0.15, 0.2) is 65.3 Å². The Labute approximate surface area is 186 Å². The Balaban J connectivity index is 1.40. The van der Waals surface area contributed by atoms with Crippen molar-refractivity contribution in [2.75, 3.05) is 25.0 Å². The number of nitrogens with one attached hydrogen (secondary N) is 3. The van der Waals surface area contributed by atoms with Crippen LogP contribution in [0, 0.1) is 13.8 Å². The Kier molecular flexibility index (Phi) is 7.64. The molecule has 0 saturated carbocycles. The summed E-state index contributed by atoms with van der Waals surface area (Å²) >= 11 is 0. The third-order valence-electron chi connectivity index (χ3n) is 4.44. The number of benzene rings is 2. The van der Waals surface area contributed by atoms with Gasteiger partial charge in [0.2, 0.25) is 0 Å². The first kappa shape index (κ1) is 22.6. The van der Waals surface area contributed by atoms with Crippen molar-refractivity contribution < 1.29 is 23.5 Å². The summed E-state index contributed by atoms with van der Waals surface area (Å²) in [5, 5.41) is 8.10. The first-order valence-electron chi connectivity index (χ1n) is 10.1. The van der Waals surface area contributed by atoms with Gasteiger partial charge in [0.15, 0.2) is 12.4 Å². The van der Waals surface area contributed by atoms with Gasteiger partial charge in [0.25, 0.3) is 17.7 Å². The van der Waals surface area contributed by atoms with E-state index in [0.717, 1.165) is 11.1 Å². The van der Waals surface area contributed by atoms with Crippen LogP contribution in [-0.4, -0.2) is 37.4 Å². The average Bonchev–Trinajstić information content (AvgIpc) is 3.30. The largest absolute Gasteiger partial charge is 0.484 e. The maximum absolute atomic E-state index is 12.2. The lowest BCUT2D eigenvalue weighted by Gasteiger charge is -2.10. The van der Waals surface area contributed by atoms with Crippen molar-refractivity contribution in [2.24, 2.45) is 0 Å². The Hall–Kier alpha value is -4.07. The van der Waals surface area contributed by atoms with E-state index in [4.69, 9.17) is 9.15 Å². The van der Waals surface area contributed by atoms with Crippen LogP contribution in [0.1, 0.15) is 32.0 Å². The minimum atomic E-state index is -0.342. The van der Waals surface area contributed by atoms with Crippen molar-refractivity contribution in [3.63, 3.8) is 0 Å². The predicted molar refractivity (Wildman–Crippen MR) is 120 cm³/mol. The summed E-state index contributed by atoms with van der Waals surface area (Å²) in [6.45, 7) is 4.34. The standard InChI is InChI=1S/C24H25N3O5/c1-16-12-17(2)14-20(13-16)32-15-22(28)27-19-7-5-18(6-8-19)23(29)25-9-10-26-24(30)21-4-3-11-31-21/h3-8,11-14H,9-10,15H2,1-2H3,(H,25,29)(H,26,30)(H,27,28). The summed E-state index contributed by atoms with van der Waals surface area (Å²) in [5.74, 6) is -0.0637. The summed E-state index contributed by atoms with van der Waals surface area (Å²) < 4.78 is 10.5. The summed E-state index contributed by atoms with van der Waals surface area (Å²) in [6, 6.07) is 15.5. The van der Waals surface area contributed by atoms with Crippen LogP contribution in [0.3, 0.4) is 0 Å². The van der Waals surface area contributed by atoms with Gasteiger partial charge in [0, 0.05) is 24.3 Å². The molecule has 0 aliphatic carbocycles. The van der Waals surface area contributed by atoms with Crippen LogP contribution in [0.5, 0.6) is 5.75 Å². The molecule has 0 aliphatic rings. The first-order chi connectivity index (χ1) is 15.4. The molecule has 166 valence electrons. The molecule has 0 atom stereocenters. The van der Waals surface area contributed by atoms with E-state index in [9.17, 15) is 14.4 Å². The zero-order valence-electron chi connectivity index (χ0n) is 17.9. The van der Waals surface area contributed by atoms with Crippen molar-refractivity contribution in [3.8, 4) is 5.75 Å². The second kappa shape index (κ2) is 10.8. The van der Waals surface area contributed by atoms with Gasteiger partial charge in [0.1, 0.15) is 5.75 Å². The van der Waals surface area contributed by atoms with Crippen LogP contribution in [0.25, 0.3) is 0 Å². The van der Waals surface area contributed by atoms with E-state index in [-0.39, 0.29) is 43.2 Å². The Bertz CT molecular complexity index is 1060. The Morgan fingerprint density at radius 3 is 2.16 bits per heavy atom. The van der Waals surface area contributed by atoms with Gasteiger partial charge < -0.3 is 25.1 Å². The highest BCUT2D eigenvalue weighted by atomic mass is 16.5. The fourth-order valence-corrected chi connectivity index (χ4v) is 3.02. The molecular weight excluding hydrogens is 410 g/mol. The van der Waals surface area contributed by atoms with E-state index in [1.807, 2.05) is 32.0 Å². The van der Waals surface area contributed by atoms with Gasteiger partial charge in [-0.05, 0) is 73.5 Å². The third kappa shape index (κ3) is 6.73. The fraction of sp³-hybridized carbons (Fsp3) is 0.208. The summed E-state index contributed by atoms with van der Waals surface area (Å²) in [7, 11) is 0. The van der Waals surface area contributed by atoms with Crippen LogP contribution < -0.4 is 20.7 Å². The average molecular weight is 435 g/mol. The monoisotopic (exact) mass is 435 g/mol. The third-order valence-corrected chi connectivity index (χ3v) is 4.44. The van der Waals surface area contributed by atoms with E-state index in [1.54, 1.807) is 36.4 Å². The van der Waals surface area contributed by atoms with Gasteiger partial charge in [0.05, 0.1) is 6.26 Å². The molecule has 3 aromatic rings. The van der Waals surface area contributed by atoms with Crippen molar-refractivity contribution in [1.82, 2.24) is 10.6 Å². The molecule has 32 heavy (non-hydrogen) atoms. The molecular formula is C24H25N3O5. The second-order valence-corrected chi connectivity index (χ2v) is 7.23. The fourth-order valence-electron chi connectivity index (χ4n) is 3.02. The van der Waals surface area contributed by atoms with Crippen molar-refractivity contribution in [1.29, 1.82) is 0 Å². The van der Waals surface area contributed by atoms with E-state index in [1.165, 1.54) is 6.26 Å². The van der Waals surface area contributed by atoms with Gasteiger partial charge in [-0.2, -0.15) is 0 Å². The molecule has 1 aromatic heterocycles. The van der Waals surface area contributed by atoms with Crippen LogP contribution in [-0.2, 0) is 4.79 Å². The van der Waals surface area contributed by atoms with Crippen molar-refractivity contribution in [3.05, 3.63) is 83.3 Å². The van der Waals surface area contributed by atoms with Crippen molar-refractivity contribution >= 4 is 23.4 Å². The van der Waals surface area contributed by atoms with Crippen molar-refractivity contribution in [2.45, 2.75) is 13.8 Å². The SMILES string of the molecule is Cc1cc(C)cc(OCC(=O)Nc2ccc(C(=O)NCCNC(=O)c3ccco3)cc2)c1.